The fraction of sp³-hybridized carbons (Fsp3) is 0.462. The van der Waals surface area contributed by atoms with Gasteiger partial charge in [0.25, 0.3) is 0 Å². The molecule has 17 heavy (non-hydrogen) atoms. The lowest BCUT2D eigenvalue weighted by Gasteiger charge is -2.08. The lowest BCUT2D eigenvalue weighted by Crippen LogP contribution is -2.08. The van der Waals surface area contributed by atoms with E-state index in [1.54, 1.807) is 14.0 Å². The lowest BCUT2D eigenvalue weighted by molar-refractivity contribution is -0.268. The maximum absolute atomic E-state index is 11.3. The minimum absolute atomic E-state index is 0.181. The molecule has 0 unspecified atom stereocenters. The molecule has 0 radical (unpaired) electrons. The number of benzene rings is 1. The number of methoxy groups -OCH3 is 1. The third-order valence-corrected chi connectivity index (χ3v) is 2.35. The van der Waals surface area contributed by atoms with E-state index in [9.17, 15) is 4.79 Å². The smallest absolute Gasteiger partial charge is 0.346 e. The zero-order valence-corrected chi connectivity index (χ0v) is 10.5. The van der Waals surface area contributed by atoms with E-state index in [-0.39, 0.29) is 6.42 Å². The van der Waals surface area contributed by atoms with E-state index in [0.29, 0.717) is 6.61 Å². The maximum atomic E-state index is 11.3. The third kappa shape index (κ3) is 4.07. The highest BCUT2D eigenvalue weighted by Gasteiger charge is 2.08. The van der Waals surface area contributed by atoms with E-state index < -0.39 is 5.97 Å². The van der Waals surface area contributed by atoms with E-state index >= 15 is 0 Å². The van der Waals surface area contributed by atoms with Crippen LogP contribution in [0.15, 0.2) is 18.2 Å². The second-order valence-electron chi connectivity index (χ2n) is 3.54. The van der Waals surface area contributed by atoms with Crippen LogP contribution in [0, 0.1) is 0 Å². The van der Waals surface area contributed by atoms with Crippen LogP contribution < -0.4 is 4.74 Å². The molecule has 0 bridgehead atoms. The zero-order valence-electron chi connectivity index (χ0n) is 10.5. The molecule has 1 aromatic carbocycles. The molecule has 1 rings (SSSR count). The van der Waals surface area contributed by atoms with Crippen molar-refractivity contribution in [2.45, 2.75) is 26.7 Å². The van der Waals surface area contributed by atoms with Gasteiger partial charge in [-0.25, -0.2) is 4.79 Å². The fourth-order valence-electron chi connectivity index (χ4n) is 1.51. The largest absolute Gasteiger partial charge is 0.496 e. The second kappa shape index (κ2) is 6.91. The summed E-state index contributed by atoms with van der Waals surface area (Å²) in [6.45, 7) is 4.16. The van der Waals surface area contributed by atoms with Crippen LogP contribution in [0.2, 0.25) is 0 Å². The molecule has 0 aliphatic rings. The highest BCUT2D eigenvalue weighted by molar-refractivity contribution is 5.72. The molecule has 0 fully saturated rings. The van der Waals surface area contributed by atoms with E-state index in [1.807, 2.05) is 18.2 Å². The van der Waals surface area contributed by atoms with Crippen LogP contribution in [0.4, 0.5) is 0 Å². The summed E-state index contributed by atoms with van der Waals surface area (Å²) in [5.74, 6) is 0.396. The molecular formula is C13H18O4. The molecule has 0 heterocycles. The predicted molar refractivity (Wildman–Crippen MR) is 63.8 cm³/mol. The first kappa shape index (κ1) is 13.5. The summed E-state index contributed by atoms with van der Waals surface area (Å²) in [4.78, 5) is 20.5. The summed E-state index contributed by atoms with van der Waals surface area (Å²) in [6, 6.07) is 5.71. The highest BCUT2D eigenvalue weighted by atomic mass is 17.2. The molecule has 0 aromatic heterocycles. The van der Waals surface area contributed by atoms with Crippen LogP contribution in [0.25, 0.3) is 0 Å². The van der Waals surface area contributed by atoms with Gasteiger partial charge in [0.15, 0.2) is 0 Å². The van der Waals surface area contributed by atoms with Crippen LogP contribution in [-0.4, -0.2) is 19.7 Å². The number of carbonyl (C=O) groups excluding carboxylic acids is 1. The van der Waals surface area contributed by atoms with E-state index in [0.717, 1.165) is 23.3 Å². The Kier molecular flexibility index (Phi) is 5.49. The maximum Gasteiger partial charge on any atom is 0.346 e. The molecule has 0 amide bonds. The van der Waals surface area contributed by atoms with Gasteiger partial charge in [-0.15, -0.1) is 0 Å². The monoisotopic (exact) mass is 238 g/mol. The first-order valence-corrected chi connectivity index (χ1v) is 5.69. The Morgan fingerprint density at radius 1 is 1.29 bits per heavy atom. The first-order valence-electron chi connectivity index (χ1n) is 5.69. The Morgan fingerprint density at radius 2 is 2.06 bits per heavy atom. The van der Waals surface area contributed by atoms with Crippen LogP contribution in [0.3, 0.4) is 0 Å². The molecule has 0 aliphatic carbocycles. The van der Waals surface area contributed by atoms with Gasteiger partial charge in [-0.2, -0.15) is 4.89 Å². The third-order valence-electron chi connectivity index (χ3n) is 2.35. The van der Waals surface area contributed by atoms with Crippen molar-refractivity contribution in [2.24, 2.45) is 0 Å². The van der Waals surface area contributed by atoms with E-state index in [2.05, 4.69) is 16.7 Å². The number of hydrogen-bond acceptors (Lipinski definition) is 4. The summed E-state index contributed by atoms with van der Waals surface area (Å²) in [6.07, 6.45) is 1.08. The lowest BCUT2D eigenvalue weighted by atomic mass is 10.1. The standard InChI is InChI=1S/C13H18O4/c1-4-11-7-6-10(8-12(11)15-3)9-13(14)17-16-5-2/h6-8H,4-5,9H2,1-3H3. The summed E-state index contributed by atoms with van der Waals surface area (Å²) < 4.78 is 5.26. The summed E-state index contributed by atoms with van der Waals surface area (Å²) >= 11 is 0. The van der Waals surface area contributed by atoms with Crippen molar-refractivity contribution >= 4 is 5.97 Å². The average Bonchev–Trinajstić information content (AvgIpc) is 2.36. The Hall–Kier alpha value is -1.55. The molecule has 0 spiro atoms. The topological polar surface area (TPSA) is 44.8 Å². The molecule has 0 N–H and O–H groups in total. The highest BCUT2D eigenvalue weighted by Crippen LogP contribution is 2.21. The Morgan fingerprint density at radius 3 is 2.65 bits per heavy atom. The number of carbonyl (C=O) groups is 1. The van der Waals surface area contributed by atoms with E-state index in [4.69, 9.17) is 4.74 Å². The summed E-state index contributed by atoms with van der Waals surface area (Å²) in [7, 11) is 1.62. The molecule has 1 aromatic rings. The molecule has 4 nitrogen and oxygen atoms in total. The van der Waals surface area contributed by atoms with Gasteiger partial charge < -0.3 is 4.74 Å². The molecule has 94 valence electrons. The zero-order chi connectivity index (χ0) is 12.7. The van der Waals surface area contributed by atoms with Crippen LogP contribution >= 0.6 is 0 Å². The van der Waals surface area contributed by atoms with Gasteiger partial charge in [-0.3, -0.25) is 4.89 Å². The molecule has 0 atom stereocenters. The van der Waals surface area contributed by atoms with Crippen molar-refractivity contribution in [2.75, 3.05) is 13.7 Å². The Labute approximate surface area is 101 Å². The van der Waals surface area contributed by atoms with Crippen LogP contribution in [-0.2, 0) is 27.4 Å². The van der Waals surface area contributed by atoms with E-state index in [1.165, 1.54) is 0 Å². The number of ether oxygens (including phenoxy) is 1. The van der Waals surface area contributed by atoms with Gasteiger partial charge >= 0.3 is 5.97 Å². The normalized spacial score (nSPS) is 10.1. The van der Waals surface area contributed by atoms with Crippen molar-refractivity contribution in [3.05, 3.63) is 29.3 Å². The minimum atomic E-state index is -0.404. The molecule has 0 saturated carbocycles. The predicted octanol–water partition coefficient (Wildman–Crippen LogP) is 2.29. The van der Waals surface area contributed by atoms with Gasteiger partial charge in [-0.05, 0) is 30.5 Å². The fourth-order valence-corrected chi connectivity index (χ4v) is 1.51. The molecular weight excluding hydrogens is 220 g/mol. The average molecular weight is 238 g/mol. The van der Waals surface area contributed by atoms with Gasteiger partial charge in [0.05, 0.1) is 20.1 Å². The molecule has 4 heteroatoms. The van der Waals surface area contributed by atoms with Crippen molar-refractivity contribution < 1.29 is 19.3 Å². The molecule has 0 saturated heterocycles. The Balaban J connectivity index is 2.68. The SMILES string of the molecule is CCOOC(=O)Cc1ccc(CC)c(OC)c1. The van der Waals surface area contributed by atoms with Crippen LogP contribution in [0.1, 0.15) is 25.0 Å². The second-order valence-corrected chi connectivity index (χ2v) is 3.54. The Bertz CT molecular complexity index is 374. The van der Waals surface area contributed by atoms with Gasteiger partial charge in [0.1, 0.15) is 5.75 Å². The first-order chi connectivity index (χ1) is 8.21. The van der Waals surface area contributed by atoms with Crippen molar-refractivity contribution in [3.8, 4) is 5.75 Å². The van der Waals surface area contributed by atoms with Crippen molar-refractivity contribution in [1.82, 2.24) is 0 Å². The number of rotatable bonds is 6. The number of aryl methyl sites for hydroxylation is 1. The quantitative estimate of drug-likeness (QED) is 0.563. The van der Waals surface area contributed by atoms with Crippen molar-refractivity contribution in [1.29, 1.82) is 0 Å². The summed E-state index contributed by atoms with van der Waals surface area (Å²) in [5.41, 5.74) is 1.97. The minimum Gasteiger partial charge on any atom is -0.496 e. The molecule has 0 aliphatic heterocycles. The van der Waals surface area contributed by atoms with Gasteiger partial charge in [-0.1, -0.05) is 19.1 Å². The van der Waals surface area contributed by atoms with Crippen LogP contribution in [0.5, 0.6) is 5.75 Å². The van der Waals surface area contributed by atoms with Gasteiger partial charge in [0, 0.05) is 0 Å². The van der Waals surface area contributed by atoms with Crippen molar-refractivity contribution in [3.63, 3.8) is 0 Å². The summed E-state index contributed by atoms with van der Waals surface area (Å²) in [5, 5.41) is 0. The van der Waals surface area contributed by atoms with Gasteiger partial charge in [0.2, 0.25) is 0 Å². The number of hydrogen-bond donors (Lipinski definition) is 0.